The zero-order chi connectivity index (χ0) is 18.5. The van der Waals surface area contributed by atoms with Crippen LogP contribution < -0.4 is 5.32 Å². The largest absolute Gasteiger partial charge is 0.444 e. The molecule has 3 amide bonds. The number of azide groups is 1. The zero-order valence-electron chi connectivity index (χ0n) is 14.8. The molecule has 0 aromatic heterocycles. The molecular formula is C15H25N5O4. The van der Waals surface area contributed by atoms with Gasteiger partial charge in [-0.3, -0.25) is 14.5 Å². The summed E-state index contributed by atoms with van der Waals surface area (Å²) in [6, 6.07) is -1.62. The van der Waals surface area contributed by atoms with Crippen LogP contribution in [0.4, 0.5) is 4.79 Å². The first-order valence-corrected chi connectivity index (χ1v) is 7.95. The Labute approximate surface area is 141 Å². The van der Waals surface area contributed by atoms with Gasteiger partial charge in [-0.15, -0.1) is 0 Å². The van der Waals surface area contributed by atoms with Crippen LogP contribution in [0.1, 0.15) is 47.5 Å². The number of carbonyl (C=O) groups excluding carboxylic acids is 3. The number of nitrogens with zero attached hydrogens (tertiary/aromatic N) is 4. The highest BCUT2D eigenvalue weighted by Crippen LogP contribution is 2.21. The van der Waals surface area contributed by atoms with Crippen molar-refractivity contribution >= 4 is 17.9 Å². The van der Waals surface area contributed by atoms with Gasteiger partial charge in [0.1, 0.15) is 11.6 Å². The summed E-state index contributed by atoms with van der Waals surface area (Å²) in [5, 5.41) is 5.64. The van der Waals surface area contributed by atoms with Crippen molar-refractivity contribution in [2.45, 2.75) is 65.1 Å². The van der Waals surface area contributed by atoms with E-state index in [4.69, 9.17) is 10.3 Å². The Morgan fingerprint density at radius 1 is 1.33 bits per heavy atom. The number of rotatable bonds is 4. The van der Waals surface area contributed by atoms with Gasteiger partial charge in [0.05, 0.1) is 6.04 Å². The van der Waals surface area contributed by atoms with Crippen LogP contribution in [-0.2, 0) is 14.3 Å². The molecule has 1 saturated heterocycles. The molecule has 1 rings (SSSR count). The number of hydrogen-bond donors (Lipinski definition) is 1. The minimum Gasteiger partial charge on any atom is -0.444 e. The first kappa shape index (κ1) is 19.8. The van der Waals surface area contributed by atoms with Gasteiger partial charge in [-0.25, -0.2) is 4.79 Å². The maximum Gasteiger partial charge on any atom is 0.410 e. The van der Waals surface area contributed by atoms with Gasteiger partial charge in [0.2, 0.25) is 11.8 Å². The first-order chi connectivity index (χ1) is 11.1. The van der Waals surface area contributed by atoms with E-state index in [0.717, 1.165) is 0 Å². The molecular weight excluding hydrogens is 314 g/mol. The van der Waals surface area contributed by atoms with Gasteiger partial charge in [0, 0.05) is 11.5 Å². The summed E-state index contributed by atoms with van der Waals surface area (Å²) in [5.74, 6) is -1.44. The van der Waals surface area contributed by atoms with Gasteiger partial charge in [-0.1, -0.05) is 13.8 Å². The summed E-state index contributed by atoms with van der Waals surface area (Å²) >= 11 is 0. The maximum absolute atomic E-state index is 12.5. The quantitative estimate of drug-likeness (QED) is 0.479. The van der Waals surface area contributed by atoms with Crippen LogP contribution >= 0.6 is 0 Å². The molecule has 0 aromatic rings. The van der Waals surface area contributed by atoms with E-state index >= 15 is 0 Å². The van der Waals surface area contributed by atoms with E-state index in [1.165, 1.54) is 4.90 Å². The molecule has 2 atom stereocenters. The molecule has 1 N–H and O–H groups in total. The number of hydrogen-bond acceptors (Lipinski definition) is 4. The van der Waals surface area contributed by atoms with Crippen LogP contribution in [0.5, 0.6) is 0 Å². The lowest BCUT2D eigenvalue weighted by atomic mass is 10.0. The van der Waals surface area contributed by atoms with Gasteiger partial charge < -0.3 is 10.1 Å². The second-order valence-corrected chi connectivity index (χ2v) is 7.09. The highest BCUT2D eigenvalue weighted by molar-refractivity contribution is 5.92. The van der Waals surface area contributed by atoms with Crippen molar-refractivity contribution in [3.63, 3.8) is 0 Å². The summed E-state index contributed by atoms with van der Waals surface area (Å²) in [6.45, 7) is 9.14. The van der Waals surface area contributed by atoms with Crippen molar-refractivity contribution < 1.29 is 19.1 Å². The zero-order valence-corrected chi connectivity index (χ0v) is 14.8. The lowest BCUT2D eigenvalue weighted by molar-refractivity contribution is -0.131. The molecule has 1 fully saturated rings. The number of ether oxygens (including phenoxy) is 1. The second kappa shape index (κ2) is 8.01. The third kappa shape index (κ3) is 5.42. The van der Waals surface area contributed by atoms with Gasteiger partial charge in [0.25, 0.3) is 0 Å². The van der Waals surface area contributed by atoms with Crippen molar-refractivity contribution in [1.82, 2.24) is 10.2 Å². The summed E-state index contributed by atoms with van der Waals surface area (Å²) in [5.41, 5.74) is 7.74. The molecule has 1 aliphatic heterocycles. The van der Waals surface area contributed by atoms with E-state index in [9.17, 15) is 14.4 Å². The van der Waals surface area contributed by atoms with E-state index in [0.29, 0.717) is 19.4 Å². The Morgan fingerprint density at radius 3 is 2.46 bits per heavy atom. The molecule has 1 heterocycles. The monoisotopic (exact) mass is 339 g/mol. The number of nitrogens with one attached hydrogen (secondary N) is 1. The van der Waals surface area contributed by atoms with Crippen LogP contribution in [0.3, 0.4) is 0 Å². The second-order valence-electron chi connectivity index (χ2n) is 7.09. The summed E-state index contributed by atoms with van der Waals surface area (Å²) < 4.78 is 5.31. The fourth-order valence-corrected chi connectivity index (χ4v) is 2.45. The van der Waals surface area contributed by atoms with Gasteiger partial charge in [-0.2, -0.15) is 0 Å². The van der Waals surface area contributed by atoms with Gasteiger partial charge in [0.15, 0.2) is 0 Å². The molecule has 0 aromatic carbocycles. The first-order valence-electron chi connectivity index (χ1n) is 7.95. The highest BCUT2D eigenvalue weighted by atomic mass is 16.6. The van der Waals surface area contributed by atoms with Crippen molar-refractivity contribution in [2.24, 2.45) is 11.0 Å². The lowest BCUT2D eigenvalue weighted by Gasteiger charge is -2.29. The summed E-state index contributed by atoms with van der Waals surface area (Å²) in [7, 11) is 0. The van der Waals surface area contributed by atoms with Crippen molar-refractivity contribution in [3.05, 3.63) is 10.4 Å². The van der Waals surface area contributed by atoms with Crippen LogP contribution in [0.25, 0.3) is 10.4 Å². The van der Waals surface area contributed by atoms with E-state index in [-0.39, 0.29) is 5.92 Å². The Bertz CT molecular complexity index is 549. The predicted molar refractivity (Wildman–Crippen MR) is 86.9 cm³/mol. The molecule has 1 aliphatic rings. The smallest absolute Gasteiger partial charge is 0.410 e. The van der Waals surface area contributed by atoms with Crippen molar-refractivity contribution in [2.75, 3.05) is 6.54 Å². The average molecular weight is 339 g/mol. The Hall–Kier alpha value is -2.28. The Morgan fingerprint density at radius 2 is 1.96 bits per heavy atom. The highest BCUT2D eigenvalue weighted by Gasteiger charge is 2.38. The van der Waals surface area contributed by atoms with Crippen LogP contribution in [0.15, 0.2) is 5.11 Å². The van der Waals surface area contributed by atoms with Crippen LogP contribution in [0.2, 0.25) is 0 Å². The van der Waals surface area contributed by atoms with E-state index < -0.39 is 35.6 Å². The molecule has 0 radical (unpaired) electrons. The Balaban J connectivity index is 2.82. The number of amides is 3. The minimum atomic E-state index is -0.922. The molecule has 9 heteroatoms. The topological polar surface area (TPSA) is 124 Å². The van der Waals surface area contributed by atoms with Gasteiger partial charge in [-0.05, 0) is 50.2 Å². The molecule has 0 bridgehead atoms. The maximum atomic E-state index is 12.5. The van der Waals surface area contributed by atoms with Crippen molar-refractivity contribution in [3.8, 4) is 0 Å². The number of likely N-dealkylation sites (tertiary alicyclic amines) is 1. The molecule has 9 nitrogen and oxygen atoms in total. The van der Waals surface area contributed by atoms with E-state index in [1.807, 2.05) is 0 Å². The molecule has 0 unspecified atom stereocenters. The predicted octanol–water partition coefficient (Wildman–Crippen LogP) is 2.36. The standard InChI is InChI=1S/C15H25N5O4/c1-9(2)11(13(22)18-19-16)17-12(21)10-7-6-8-20(10)14(23)24-15(3,4)5/h9-11H,6-8H2,1-5H3,(H,17,21)/t10-,11-/m0/s1. The third-order valence-electron chi connectivity index (χ3n) is 3.56. The molecule has 24 heavy (non-hydrogen) atoms. The lowest BCUT2D eigenvalue weighted by Crippen LogP contribution is -2.52. The molecule has 134 valence electrons. The fraction of sp³-hybridized carbons (Fsp3) is 0.800. The average Bonchev–Trinajstić information content (AvgIpc) is 2.92. The van der Waals surface area contributed by atoms with E-state index in [2.05, 4.69) is 15.3 Å². The SMILES string of the molecule is CC(C)[C@H](NC(=O)[C@@H]1CCCN1C(=O)OC(C)(C)C)C(=O)N=[N+]=[N-]. The number of carbonyl (C=O) groups is 3. The van der Waals surface area contributed by atoms with Crippen LogP contribution in [0, 0.1) is 5.92 Å². The van der Waals surface area contributed by atoms with E-state index in [1.54, 1.807) is 34.6 Å². The molecule has 0 spiro atoms. The molecule has 0 saturated carbocycles. The molecule has 0 aliphatic carbocycles. The summed E-state index contributed by atoms with van der Waals surface area (Å²) in [4.78, 5) is 40.4. The summed E-state index contributed by atoms with van der Waals surface area (Å²) in [6.07, 6.45) is 0.613. The fourth-order valence-electron chi connectivity index (χ4n) is 2.45. The Kier molecular flexibility index (Phi) is 6.60. The third-order valence-corrected chi connectivity index (χ3v) is 3.56. The van der Waals surface area contributed by atoms with Crippen molar-refractivity contribution in [1.29, 1.82) is 0 Å². The van der Waals surface area contributed by atoms with Gasteiger partial charge >= 0.3 is 6.09 Å². The van der Waals surface area contributed by atoms with Crippen LogP contribution in [-0.4, -0.2) is 47.0 Å². The minimum absolute atomic E-state index is 0.247. The normalized spacial score (nSPS) is 18.8.